The molecule has 2 heterocycles. The van der Waals surface area contributed by atoms with E-state index in [0.717, 1.165) is 26.2 Å². The van der Waals surface area contributed by atoms with Gasteiger partial charge in [-0.2, -0.15) is 5.10 Å². The third-order valence-electron chi connectivity index (χ3n) is 3.36. The van der Waals surface area contributed by atoms with E-state index in [-0.39, 0.29) is 0 Å². The molecule has 1 saturated heterocycles. The molecule has 2 unspecified atom stereocenters. The molecule has 0 aromatic carbocycles. The Kier molecular flexibility index (Phi) is 4.15. The summed E-state index contributed by atoms with van der Waals surface area (Å²) < 4.78 is 7.56. The van der Waals surface area contributed by atoms with E-state index in [1.54, 1.807) is 0 Å². The Hall–Kier alpha value is -0.910. The van der Waals surface area contributed by atoms with Gasteiger partial charge in [-0.25, -0.2) is 0 Å². The zero-order valence-electron chi connectivity index (χ0n) is 10.9. The molecule has 0 radical (unpaired) electrons. The van der Waals surface area contributed by atoms with Crippen molar-refractivity contribution in [1.29, 1.82) is 0 Å². The van der Waals surface area contributed by atoms with Gasteiger partial charge in [0.1, 0.15) is 0 Å². The van der Waals surface area contributed by atoms with Gasteiger partial charge in [-0.3, -0.25) is 9.58 Å². The largest absolute Gasteiger partial charge is 0.374 e. The fourth-order valence-corrected chi connectivity index (χ4v) is 2.13. The lowest BCUT2D eigenvalue weighted by molar-refractivity contribution is 0.00393. The van der Waals surface area contributed by atoms with Gasteiger partial charge >= 0.3 is 0 Å². The number of rotatable bonds is 4. The topological polar surface area (TPSA) is 42.3 Å². The van der Waals surface area contributed by atoms with Crippen LogP contribution in [0, 0.1) is 0 Å². The van der Waals surface area contributed by atoms with Crippen molar-refractivity contribution in [2.75, 3.05) is 33.3 Å². The van der Waals surface area contributed by atoms with E-state index >= 15 is 0 Å². The van der Waals surface area contributed by atoms with Crippen LogP contribution in [-0.2, 0) is 11.8 Å². The summed E-state index contributed by atoms with van der Waals surface area (Å²) in [4.78, 5) is 2.31. The highest BCUT2D eigenvalue weighted by atomic mass is 16.5. The number of likely N-dealkylation sites (N-methyl/N-ethyl adjacent to an activating group) is 1. The van der Waals surface area contributed by atoms with Crippen LogP contribution < -0.4 is 5.32 Å². The lowest BCUT2D eigenvalue weighted by Crippen LogP contribution is -2.44. The second-order valence-electron chi connectivity index (χ2n) is 4.76. The number of nitrogens with zero attached hydrogens (tertiary/aromatic N) is 3. The Balaban J connectivity index is 1.88. The molecule has 2 rings (SSSR count). The van der Waals surface area contributed by atoms with Crippen molar-refractivity contribution >= 4 is 0 Å². The van der Waals surface area contributed by atoms with Crippen molar-refractivity contribution in [3.8, 4) is 0 Å². The first-order chi connectivity index (χ1) is 8.16. The highest BCUT2D eigenvalue weighted by molar-refractivity contribution is 5.09. The standard InChI is InChI=1S/C12H22N4O/c1-10(11-6-14-16(3)8-11)15(2)9-12-7-13-4-5-17-12/h6,8,10,12-13H,4-5,7,9H2,1-3H3. The lowest BCUT2D eigenvalue weighted by Gasteiger charge is -2.31. The minimum Gasteiger partial charge on any atom is -0.374 e. The molecule has 1 aliphatic rings. The van der Waals surface area contributed by atoms with Gasteiger partial charge in [0.2, 0.25) is 0 Å². The molecule has 1 aromatic heterocycles. The first-order valence-electron chi connectivity index (χ1n) is 6.18. The maximum absolute atomic E-state index is 5.71. The molecule has 96 valence electrons. The Morgan fingerprint density at radius 2 is 2.53 bits per heavy atom. The molecule has 0 bridgehead atoms. The molecule has 0 amide bonds. The Morgan fingerprint density at radius 3 is 3.12 bits per heavy atom. The van der Waals surface area contributed by atoms with Gasteiger partial charge in [-0.15, -0.1) is 0 Å². The number of aryl methyl sites for hydroxylation is 1. The third-order valence-corrected chi connectivity index (χ3v) is 3.36. The number of morpholine rings is 1. The molecule has 1 fully saturated rings. The van der Waals surface area contributed by atoms with Gasteiger partial charge < -0.3 is 10.1 Å². The normalized spacial score (nSPS) is 22.9. The Labute approximate surface area is 103 Å². The lowest BCUT2D eigenvalue weighted by atomic mass is 10.1. The van der Waals surface area contributed by atoms with Crippen molar-refractivity contribution in [1.82, 2.24) is 20.0 Å². The van der Waals surface area contributed by atoms with Crippen LogP contribution in [0.4, 0.5) is 0 Å². The maximum atomic E-state index is 5.71. The van der Waals surface area contributed by atoms with E-state index in [2.05, 4.69) is 35.5 Å². The van der Waals surface area contributed by atoms with Gasteiger partial charge in [0.15, 0.2) is 0 Å². The number of nitrogens with one attached hydrogen (secondary N) is 1. The van der Waals surface area contributed by atoms with Gasteiger partial charge in [-0.1, -0.05) is 0 Å². The fraction of sp³-hybridized carbons (Fsp3) is 0.750. The van der Waals surface area contributed by atoms with E-state index < -0.39 is 0 Å². The predicted octanol–water partition coefficient (Wildman–Crippen LogP) is 0.401. The number of aromatic nitrogens is 2. The summed E-state index contributed by atoms with van der Waals surface area (Å²) in [6.45, 7) is 5.89. The molecule has 0 aliphatic carbocycles. The molecule has 2 atom stereocenters. The van der Waals surface area contributed by atoms with Crippen LogP contribution in [-0.4, -0.2) is 54.1 Å². The van der Waals surface area contributed by atoms with E-state index in [0.29, 0.717) is 12.1 Å². The maximum Gasteiger partial charge on any atom is 0.0826 e. The van der Waals surface area contributed by atoms with Crippen LogP contribution in [0.5, 0.6) is 0 Å². The summed E-state index contributed by atoms with van der Waals surface area (Å²) in [6, 6.07) is 0.370. The molecular formula is C12H22N4O. The van der Waals surface area contributed by atoms with Crippen LogP contribution in [0.3, 0.4) is 0 Å². The Morgan fingerprint density at radius 1 is 1.71 bits per heavy atom. The molecule has 0 saturated carbocycles. The van der Waals surface area contributed by atoms with Gasteiger partial charge in [0, 0.05) is 44.5 Å². The molecule has 1 aliphatic heterocycles. The molecule has 1 N–H and O–H groups in total. The van der Waals surface area contributed by atoms with Gasteiger partial charge in [-0.05, 0) is 14.0 Å². The second kappa shape index (κ2) is 5.62. The molecular weight excluding hydrogens is 216 g/mol. The first-order valence-corrected chi connectivity index (χ1v) is 6.18. The third kappa shape index (κ3) is 3.28. The van der Waals surface area contributed by atoms with E-state index in [4.69, 9.17) is 4.74 Å². The minimum absolute atomic E-state index is 0.299. The highest BCUT2D eigenvalue weighted by Gasteiger charge is 2.19. The monoisotopic (exact) mass is 238 g/mol. The number of ether oxygens (including phenoxy) is 1. The SMILES string of the molecule is CC(c1cnn(C)c1)N(C)CC1CNCCO1. The quantitative estimate of drug-likeness (QED) is 0.824. The molecule has 0 spiro atoms. The highest BCUT2D eigenvalue weighted by Crippen LogP contribution is 2.18. The average molecular weight is 238 g/mol. The van der Waals surface area contributed by atoms with Crippen LogP contribution >= 0.6 is 0 Å². The minimum atomic E-state index is 0.299. The fourth-order valence-electron chi connectivity index (χ4n) is 2.13. The second-order valence-corrected chi connectivity index (χ2v) is 4.76. The van der Waals surface area contributed by atoms with E-state index in [1.165, 1.54) is 5.56 Å². The summed E-state index contributed by atoms with van der Waals surface area (Å²) in [5.41, 5.74) is 1.25. The zero-order valence-corrected chi connectivity index (χ0v) is 10.9. The summed E-state index contributed by atoms with van der Waals surface area (Å²) in [5, 5.41) is 7.57. The van der Waals surface area contributed by atoms with Crippen LogP contribution in [0.2, 0.25) is 0 Å². The summed E-state index contributed by atoms with van der Waals surface area (Å²) in [6.07, 6.45) is 4.30. The van der Waals surface area contributed by atoms with Crippen molar-refractivity contribution in [3.63, 3.8) is 0 Å². The Bertz CT molecular complexity index is 346. The van der Waals surface area contributed by atoms with E-state index in [9.17, 15) is 0 Å². The average Bonchev–Trinajstić information content (AvgIpc) is 2.76. The van der Waals surface area contributed by atoms with Crippen molar-refractivity contribution in [3.05, 3.63) is 18.0 Å². The molecule has 5 nitrogen and oxygen atoms in total. The van der Waals surface area contributed by atoms with Gasteiger partial charge in [0.25, 0.3) is 0 Å². The van der Waals surface area contributed by atoms with Crippen LogP contribution in [0.25, 0.3) is 0 Å². The summed E-state index contributed by atoms with van der Waals surface area (Å²) >= 11 is 0. The summed E-state index contributed by atoms with van der Waals surface area (Å²) in [7, 11) is 4.08. The van der Waals surface area contributed by atoms with Crippen molar-refractivity contribution < 1.29 is 4.74 Å². The van der Waals surface area contributed by atoms with Crippen LogP contribution in [0.1, 0.15) is 18.5 Å². The molecule has 5 heteroatoms. The van der Waals surface area contributed by atoms with Gasteiger partial charge in [0.05, 0.1) is 18.9 Å². The summed E-state index contributed by atoms with van der Waals surface area (Å²) in [5.74, 6) is 0. The predicted molar refractivity (Wildman–Crippen MR) is 66.9 cm³/mol. The molecule has 1 aromatic rings. The van der Waals surface area contributed by atoms with E-state index in [1.807, 2.05) is 17.9 Å². The van der Waals surface area contributed by atoms with Crippen molar-refractivity contribution in [2.45, 2.75) is 19.1 Å². The molecule has 17 heavy (non-hydrogen) atoms. The zero-order chi connectivity index (χ0) is 12.3. The number of hydrogen-bond acceptors (Lipinski definition) is 4. The first kappa shape index (κ1) is 12.5. The smallest absolute Gasteiger partial charge is 0.0826 e. The van der Waals surface area contributed by atoms with Crippen LogP contribution in [0.15, 0.2) is 12.4 Å². The number of hydrogen-bond donors (Lipinski definition) is 1. The van der Waals surface area contributed by atoms with Crippen molar-refractivity contribution in [2.24, 2.45) is 7.05 Å².